The van der Waals surface area contributed by atoms with Gasteiger partial charge in [0.15, 0.2) is 0 Å². The molecule has 0 saturated heterocycles. The first-order valence-corrected chi connectivity index (χ1v) is 5.95. The van der Waals surface area contributed by atoms with Crippen molar-refractivity contribution in [3.63, 3.8) is 0 Å². The lowest BCUT2D eigenvalue weighted by molar-refractivity contribution is 0.528. The fourth-order valence-corrected chi connectivity index (χ4v) is 2.45. The molecule has 1 aliphatic carbocycles. The number of rotatable bonds is 3. The van der Waals surface area contributed by atoms with Crippen LogP contribution < -0.4 is 5.32 Å². The minimum atomic E-state index is 0.441. The van der Waals surface area contributed by atoms with Crippen molar-refractivity contribution in [2.24, 2.45) is 5.92 Å². The average Bonchev–Trinajstić information content (AvgIpc) is 2.99. The Hall–Kier alpha value is -0.530. The Morgan fingerprint density at radius 2 is 1.87 bits per heavy atom. The van der Waals surface area contributed by atoms with Crippen molar-refractivity contribution >= 4 is 11.6 Å². The van der Waals surface area contributed by atoms with Gasteiger partial charge in [0.2, 0.25) is 0 Å². The van der Waals surface area contributed by atoms with Crippen LogP contribution in [0.25, 0.3) is 0 Å². The van der Waals surface area contributed by atoms with Gasteiger partial charge in [0.05, 0.1) is 0 Å². The van der Waals surface area contributed by atoms with Crippen LogP contribution in [-0.4, -0.2) is 7.05 Å². The van der Waals surface area contributed by atoms with E-state index in [-0.39, 0.29) is 0 Å². The molecule has 1 N–H and O–H groups in total. The Morgan fingerprint density at radius 1 is 1.27 bits per heavy atom. The lowest BCUT2D eigenvalue weighted by Crippen LogP contribution is -2.18. The molecule has 1 unspecified atom stereocenters. The summed E-state index contributed by atoms with van der Waals surface area (Å²) in [6.07, 6.45) is 2.66. The van der Waals surface area contributed by atoms with Crippen LogP contribution in [0, 0.1) is 19.8 Å². The second kappa shape index (κ2) is 4.15. The highest BCUT2D eigenvalue weighted by molar-refractivity contribution is 6.31. The number of benzene rings is 1. The zero-order valence-electron chi connectivity index (χ0n) is 9.60. The first-order valence-electron chi connectivity index (χ1n) is 5.57. The van der Waals surface area contributed by atoms with Gasteiger partial charge in [-0.25, -0.2) is 0 Å². The van der Waals surface area contributed by atoms with E-state index in [1.807, 2.05) is 7.05 Å². The molecule has 0 bridgehead atoms. The van der Waals surface area contributed by atoms with Crippen LogP contribution in [0.4, 0.5) is 0 Å². The van der Waals surface area contributed by atoms with Crippen LogP contribution >= 0.6 is 11.6 Å². The summed E-state index contributed by atoms with van der Waals surface area (Å²) in [5.41, 5.74) is 3.87. The highest BCUT2D eigenvalue weighted by Gasteiger charge is 2.32. The topological polar surface area (TPSA) is 12.0 Å². The van der Waals surface area contributed by atoms with E-state index in [2.05, 4.69) is 31.3 Å². The van der Waals surface area contributed by atoms with Crippen LogP contribution in [0.15, 0.2) is 12.1 Å². The SMILES string of the molecule is CNC(c1cc(C)c(C)cc1Cl)C1CC1. The standard InChI is InChI=1S/C13H18ClN/c1-8-6-11(12(14)7-9(8)2)13(15-3)10-4-5-10/h6-7,10,13,15H,4-5H2,1-3H3. The Kier molecular flexibility index (Phi) is 3.03. The van der Waals surface area contributed by atoms with Crippen molar-refractivity contribution in [2.75, 3.05) is 7.05 Å². The monoisotopic (exact) mass is 223 g/mol. The van der Waals surface area contributed by atoms with Gasteiger partial charge in [0.25, 0.3) is 0 Å². The van der Waals surface area contributed by atoms with E-state index in [1.165, 1.54) is 29.5 Å². The summed E-state index contributed by atoms with van der Waals surface area (Å²) in [5, 5.41) is 4.29. The maximum Gasteiger partial charge on any atom is 0.0456 e. The summed E-state index contributed by atoms with van der Waals surface area (Å²) in [6, 6.07) is 4.76. The third-order valence-electron chi connectivity index (χ3n) is 3.35. The van der Waals surface area contributed by atoms with Crippen LogP contribution in [0.1, 0.15) is 35.6 Å². The number of hydrogen-bond acceptors (Lipinski definition) is 1. The van der Waals surface area contributed by atoms with Gasteiger partial charge in [0, 0.05) is 11.1 Å². The molecule has 0 aliphatic heterocycles. The predicted octanol–water partition coefficient (Wildman–Crippen LogP) is 3.63. The normalized spacial score (nSPS) is 17.9. The van der Waals surface area contributed by atoms with Crippen LogP contribution in [-0.2, 0) is 0 Å². The number of aryl methyl sites for hydroxylation is 2. The van der Waals surface area contributed by atoms with Gasteiger partial charge in [-0.05, 0) is 62.4 Å². The quantitative estimate of drug-likeness (QED) is 0.825. The largest absolute Gasteiger partial charge is 0.313 e. The molecule has 0 spiro atoms. The number of halogens is 1. The van der Waals surface area contributed by atoms with Gasteiger partial charge >= 0.3 is 0 Å². The lowest BCUT2D eigenvalue weighted by atomic mass is 9.98. The van der Waals surface area contributed by atoms with Gasteiger partial charge in [-0.1, -0.05) is 17.7 Å². The molecule has 1 atom stereocenters. The Bertz CT molecular complexity index is 369. The van der Waals surface area contributed by atoms with Crippen molar-refractivity contribution in [3.05, 3.63) is 33.8 Å². The fourth-order valence-electron chi connectivity index (χ4n) is 2.12. The molecule has 2 rings (SSSR count). The minimum Gasteiger partial charge on any atom is -0.313 e. The van der Waals surface area contributed by atoms with E-state index in [1.54, 1.807) is 0 Å². The molecule has 1 saturated carbocycles. The van der Waals surface area contributed by atoms with Crippen LogP contribution in [0.5, 0.6) is 0 Å². The lowest BCUT2D eigenvalue weighted by Gasteiger charge is -2.18. The second-order valence-corrected chi connectivity index (χ2v) is 4.97. The fraction of sp³-hybridized carbons (Fsp3) is 0.538. The molecular formula is C13H18ClN. The van der Waals surface area contributed by atoms with E-state index in [0.29, 0.717) is 6.04 Å². The van der Waals surface area contributed by atoms with Crippen LogP contribution in [0.2, 0.25) is 5.02 Å². The van der Waals surface area contributed by atoms with Gasteiger partial charge in [0.1, 0.15) is 0 Å². The molecule has 1 nitrogen and oxygen atoms in total. The molecule has 0 radical (unpaired) electrons. The molecule has 1 aliphatic rings. The number of nitrogens with one attached hydrogen (secondary N) is 1. The maximum absolute atomic E-state index is 6.31. The second-order valence-electron chi connectivity index (χ2n) is 4.56. The zero-order valence-corrected chi connectivity index (χ0v) is 10.4. The molecule has 0 heterocycles. The highest BCUT2D eigenvalue weighted by atomic mass is 35.5. The maximum atomic E-state index is 6.31. The summed E-state index contributed by atoms with van der Waals surface area (Å²) in [7, 11) is 2.02. The summed E-state index contributed by atoms with van der Waals surface area (Å²) < 4.78 is 0. The molecular weight excluding hydrogens is 206 g/mol. The molecule has 1 aromatic rings. The van der Waals surface area contributed by atoms with Crippen molar-refractivity contribution in [1.29, 1.82) is 0 Å². The summed E-state index contributed by atoms with van der Waals surface area (Å²) >= 11 is 6.31. The third-order valence-corrected chi connectivity index (χ3v) is 3.68. The minimum absolute atomic E-state index is 0.441. The summed E-state index contributed by atoms with van der Waals surface area (Å²) in [6.45, 7) is 4.26. The van der Waals surface area contributed by atoms with Gasteiger partial charge in [-0.2, -0.15) is 0 Å². The molecule has 2 heteroatoms. The molecule has 15 heavy (non-hydrogen) atoms. The summed E-state index contributed by atoms with van der Waals surface area (Å²) in [4.78, 5) is 0. The van der Waals surface area contributed by atoms with Crippen molar-refractivity contribution in [2.45, 2.75) is 32.7 Å². The van der Waals surface area contributed by atoms with E-state index >= 15 is 0 Å². The van der Waals surface area contributed by atoms with Gasteiger partial charge in [-0.3, -0.25) is 0 Å². The van der Waals surface area contributed by atoms with E-state index < -0.39 is 0 Å². The zero-order chi connectivity index (χ0) is 11.0. The van der Waals surface area contributed by atoms with Crippen LogP contribution in [0.3, 0.4) is 0 Å². The van der Waals surface area contributed by atoms with E-state index in [9.17, 15) is 0 Å². The Labute approximate surface area is 96.8 Å². The van der Waals surface area contributed by atoms with Gasteiger partial charge in [-0.15, -0.1) is 0 Å². The van der Waals surface area contributed by atoms with Crippen molar-refractivity contribution in [3.8, 4) is 0 Å². The average molecular weight is 224 g/mol. The molecule has 1 aromatic carbocycles. The summed E-state index contributed by atoms with van der Waals surface area (Å²) in [5.74, 6) is 0.787. The first kappa shape index (κ1) is 11.0. The molecule has 1 fully saturated rings. The Morgan fingerprint density at radius 3 is 2.40 bits per heavy atom. The van der Waals surface area contributed by atoms with Gasteiger partial charge < -0.3 is 5.32 Å². The first-order chi connectivity index (χ1) is 7.13. The third kappa shape index (κ3) is 2.19. The predicted molar refractivity (Wildman–Crippen MR) is 65.5 cm³/mol. The molecule has 0 aromatic heterocycles. The Balaban J connectivity index is 2.37. The van der Waals surface area contributed by atoms with E-state index in [4.69, 9.17) is 11.6 Å². The number of hydrogen-bond donors (Lipinski definition) is 1. The molecule has 82 valence electrons. The van der Waals surface area contributed by atoms with E-state index in [0.717, 1.165) is 10.9 Å². The van der Waals surface area contributed by atoms with Crippen molar-refractivity contribution < 1.29 is 0 Å². The smallest absolute Gasteiger partial charge is 0.0456 e. The van der Waals surface area contributed by atoms with Crippen molar-refractivity contribution in [1.82, 2.24) is 5.32 Å². The molecule has 0 amide bonds. The highest BCUT2D eigenvalue weighted by Crippen LogP contribution is 2.43.